The minimum atomic E-state index is 0.634. The van der Waals surface area contributed by atoms with Gasteiger partial charge >= 0.3 is 0 Å². The summed E-state index contributed by atoms with van der Waals surface area (Å²) in [6.07, 6.45) is 5.46. The lowest BCUT2D eigenvalue weighted by molar-refractivity contribution is 0.0690. The van der Waals surface area contributed by atoms with Crippen molar-refractivity contribution in [3.05, 3.63) is 0 Å². The highest BCUT2D eigenvalue weighted by Gasteiger charge is 2.28. The Morgan fingerprint density at radius 2 is 2.23 bits per heavy atom. The zero-order chi connectivity index (χ0) is 9.10. The molecule has 1 saturated heterocycles. The second-order valence-corrected chi connectivity index (χ2v) is 4.64. The molecule has 0 aromatic rings. The Morgan fingerprint density at radius 1 is 1.38 bits per heavy atom. The summed E-state index contributed by atoms with van der Waals surface area (Å²) in [6.45, 7) is 5.46. The number of rotatable bonds is 4. The molecule has 2 unspecified atom stereocenters. The van der Waals surface area contributed by atoms with E-state index in [1.54, 1.807) is 0 Å². The van der Waals surface area contributed by atoms with Gasteiger partial charge in [-0.3, -0.25) is 0 Å². The summed E-state index contributed by atoms with van der Waals surface area (Å²) in [5.41, 5.74) is 0. The second-order valence-electron chi connectivity index (χ2n) is 4.64. The zero-order valence-corrected chi connectivity index (χ0v) is 8.59. The smallest absolute Gasteiger partial charge is 0.0619 e. The first-order chi connectivity index (χ1) is 6.36. The first-order valence-corrected chi connectivity index (χ1v) is 5.67. The fraction of sp³-hybridized carbons (Fsp3) is 1.00. The number of hydrogen-bond acceptors (Lipinski definition) is 2. The Kier molecular flexibility index (Phi) is 3.23. The summed E-state index contributed by atoms with van der Waals surface area (Å²) in [5, 5.41) is 3.62. The molecule has 0 radical (unpaired) electrons. The van der Waals surface area contributed by atoms with Crippen molar-refractivity contribution in [3.63, 3.8) is 0 Å². The van der Waals surface area contributed by atoms with Crippen LogP contribution in [-0.4, -0.2) is 25.8 Å². The minimum Gasteiger partial charge on any atom is -0.380 e. The minimum absolute atomic E-state index is 0.634. The molecule has 76 valence electrons. The van der Waals surface area contributed by atoms with Crippen molar-refractivity contribution in [2.75, 3.05) is 19.8 Å². The van der Waals surface area contributed by atoms with Crippen molar-refractivity contribution in [1.82, 2.24) is 5.32 Å². The van der Waals surface area contributed by atoms with E-state index in [9.17, 15) is 0 Å². The summed E-state index contributed by atoms with van der Waals surface area (Å²) in [5.74, 6) is 1.90. The van der Waals surface area contributed by atoms with E-state index in [4.69, 9.17) is 4.74 Å². The molecule has 0 bridgehead atoms. The molecular weight excluding hydrogens is 162 g/mol. The summed E-state index contributed by atoms with van der Waals surface area (Å²) in [7, 11) is 0. The lowest BCUT2D eigenvalue weighted by Crippen LogP contribution is -2.39. The van der Waals surface area contributed by atoms with Crippen LogP contribution in [0.3, 0.4) is 0 Å². The third-order valence-corrected chi connectivity index (χ3v) is 3.32. The molecular formula is C11H21NO. The molecule has 1 saturated carbocycles. The standard InChI is InChI=1S/C11H21NO/c1-9(10-4-5-10)7-12-11-3-2-6-13-8-11/h9-12H,2-8H2,1H3. The summed E-state index contributed by atoms with van der Waals surface area (Å²) in [6, 6.07) is 0.634. The normalized spacial score (nSPS) is 31.6. The van der Waals surface area contributed by atoms with Gasteiger partial charge in [-0.1, -0.05) is 6.92 Å². The van der Waals surface area contributed by atoms with E-state index in [2.05, 4.69) is 12.2 Å². The van der Waals surface area contributed by atoms with Gasteiger partial charge in [0.15, 0.2) is 0 Å². The molecule has 2 heteroatoms. The highest BCUT2D eigenvalue weighted by Crippen LogP contribution is 2.36. The van der Waals surface area contributed by atoms with E-state index in [1.165, 1.54) is 32.2 Å². The van der Waals surface area contributed by atoms with Gasteiger partial charge in [0.2, 0.25) is 0 Å². The SMILES string of the molecule is CC(CNC1CCCOC1)C1CC1. The summed E-state index contributed by atoms with van der Waals surface area (Å²) >= 11 is 0. The van der Waals surface area contributed by atoms with Gasteiger partial charge in [-0.25, -0.2) is 0 Å². The van der Waals surface area contributed by atoms with Gasteiger partial charge in [-0.15, -0.1) is 0 Å². The molecule has 2 rings (SSSR count). The van der Waals surface area contributed by atoms with Crippen LogP contribution in [0.2, 0.25) is 0 Å². The molecule has 1 aliphatic carbocycles. The molecule has 2 nitrogen and oxygen atoms in total. The van der Waals surface area contributed by atoms with Crippen LogP contribution in [0.1, 0.15) is 32.6 Å². The maximum Gasteiger partial charge on any atom is 0.0619 e. The van der Waals surface area contributed by atoms with Crippen LogP contribution in [0.25, 0.3) is 0 Å². The second kappa shape index (κ2) is 4.43. The van der Waals surface area contributed by atoms with Crippen molar-refractivity contribution in [3.8, 4) is 0 Å². The molecule has 1 heterocycles. The molecule has 0 amide bonds. The molecule has 1 aliphatic heterocycles. The van der Waals surface area contributed by atoms with Crippen LogP contribution in [0.4, 0.5) is 0 Å². The van der Waals surface area contributed by atoms with Gasteiger partial charge in [0.25, 0.3) is 0 Å². The Bertz CT molecular complexity index is 150. The van der Waals surface area contributed by atoms with Crippen LogP contribution in [-0.2, 0) is 4.74 Å². The van der Waals surface area contributed by atoms with E-state index in [0.717, 1.165) is 25.0 Å². The summed E-state index contributed by atoms with van der Waals surface area (Å²) in [4.78, 5) is 0. The largest absolute Gasteiger partial charge is 0.380 e. The lowest BCUT2D eigenvalue weighted by atomic mass is 10.1. The Hall–Kier alpha value is -0.0800. The van der Waals surface area contributed by atoms with Crippen molar-refractivity contribution in [2.24, 2.45) is 11.8 Å². The maximum absolute atomic E-state index is 5.43. The molecule has 2 aliphatic rings. The van der Waals surface area contributed by atoms with Gasteiger partial charge in [-0.05, 0) is 44.1 Å². The Morgan fingerprint density at radius 3 is 2.85 bits per heavy atom. The molecule has 2 fully saturated rings. The predicted molar refractivity (Wildman–Crippen MR) is 53.7 cm³/mol. The third kappa shape index (κ3) is 2.96. The van der Waals surface area contributed by atoms with Crippen LogP contribution in [0.15, 0.2) is 0 Å². The van der Waals surface area contributed by atoms with Crippen LogP contribution >= 0.6 is 0 Å². The lowest BCUT2D eigenvalue weighted by Gasteiger charge is -2.24. The van der Waals surface area contributed by atoms with Crippen molar-refractivity contribution in [1.29, 1.82) is 0 Å². The van der Waals surface area contributed by atoms with Crippen LogP contribution in [0, 0.1) is 11.8 Å². The Labute approximate surface area is 81.0 Å². The number of nitrogens with one attached hydrogen (secondary N) is 1. The number of ether oxygens (including phenoxy) is 1. The topological polar surface area (TPSA) is 21.3 Å². The molecule has 2 atom stereocenters. The molecule has 0 aromatic carbocycles. The molecule has 0 spiro atoms. The monoisotopic (exact) mass is 183 g/mol. The number of hydrogen-bond donors (Lipinski definition) is 1. The van der Waals surface area contributed by atoms with Gasteiger partial charge in [0.1, 0.15) is 0 Å². The van der Waals surface area contributed by atoms with Crippen molar-refractivity contribution >= 4 is 0 Å². The quantitative estimate of drug-likeness (QED) is 0.717. The van der Waals surface area contributed by atoms with Crippen LogP contribution in [0.5, 0.6) is 0 Å². The van der Waals surface area contributed by atoms with Crippen molar-refractivity contribution < 1.29 is 4.74 Å². The van der Waals surface area contributed by atoms with E-state index in [1.807, 2.05) is 0 Å². The zero-order valence-electron chi connectivity index (χ0n) is 8.59. The van der Waals surface area contributed by atoms with E-state index in [0.29, 0.717) is 6.04 Å². The van der Waals surface area contributed by atoms with Gasteiger partial charge in [0, 0.05) is 12.6 Å². The highest BCUT2D eigenvalue weighted by molar-refractivity contribution is 4.81. The Balaban J connectivity index is 1.60. The van der Waals surface area contributed by atoms with Gasteiger partial charge in [-0.2, -0.15) is 0 Å². The van der Waals surface area contributed by atoms with E-state index in [-0.39, 0.29) is 0 Å². The highest BCUT2D eigenvalue weighted by atomic mass is 16.5. The summed E-state index contributed by atoms with van der Waals surface area (Å²) < 4.78 is 5.43. The third-order valence-electron chi connectivity index (χ3n) is 3.32. The fourth-order valence-corrected chi connectivity index (χ4v) is 2.09. The van der Waals surface area contributed by atoms with E-state index < -0.39 is 0 Å². The predicted octanol–water partition coefficient (Wildman–Crippen LogP) is 1.80. The fourth-order valence-electron chi connectivity index (χ4n) is 2.09. The van der Waals surface area contributed by atoms with E-state index >= 15 is 0 Å². The first kappa shape index (κ1) is 9.47. The average molecular weight is 183 g/mol. The molecule has 0 aromatic heterocycles. The van der Waals surface area contributed by atoms with Crippen molar-refractivity contribution in [2.45, 2.75) is 38.6 Å². The van der Waals surface area contributed by atoms with Crippen LogP contribution < -0.4 is 5.32 Å². The van der Waals surface area contributed by atoms with Gasteiger partial charge < -0.3 is 10.1 Å². The first-order valence-electron chi connectivity index (χ1n) is 5.67. The maximum atomic E-state index is 5.43. The molecule has 1 N–H and O–H groups in total. The van der Waals surface area contributed by atoms with Gasteiger partial charge in [0.05, 0.1) is 6.61 Å². The molecule has 13 heavy (non-hydrogen) atoms. The average Bonchev–Trinajstić information content (AvgIpc) is 2.99.